The van der Waals surface area contributed by atoms with Crippen LogP contribution < -0.4 is 5.32 Å². The van der Waals surface area contributed by atoms with Crippen molar-refractivity contribution in [2.45, 2.75) is 45.6 Å². The average Bonchev–Trinajstić information content (AvgIpc) is 3.26. The van der Waals surface area contributed by atoms with Gasteiger partial charge in [-0.05, 0) is 50.3 Å². The standard InChI is InChI=1S/C20H26N4O2/c1-15-17(14-24(22-15)18-9-4-3-5-10-18)8-6-12-21-20(26)19-11-7-13-23(19)16(2)25/h3-5,9-10,14,19H,6-8,11-13H2,1-2H3,(H,21,26)/t19-/m0/s1. The zero-order chi connectivity index (χ0) is 18.5. The van der Waals surface area contributed by atoms with Crippen molar-refractivity contribution in [2.24, 2.45) is 0 Å². The summed E-state index contributed by atoms with van der Waals surface area (Å²) >= 11 is 0. The SMILES string of the molecule is CC(=O)N1CCC[C@H]1C(=O)NCCCc1cn(-c2ccccc2)nc1C. The van der Waals surface area contributed by atoms with E-state index in [0.717, 1.165) is 37.1 Å². The van der Waals surface area contributed by atoms with Crippen LogP contribution in [-0.2, 0) is 16.0 Å². The van der Waals surface area contributed by atoms with E-state index in [-0.39, 0.29) is 17.9 Å². The number of likely N-dealkylation sites (tertiary alicyclic amines) is 1. The minimum atomic E-state index is -0.296. The summed E-state index contributed by atoms with van der Waals surface area (Å²) < 4.78 is 1.90. The lowest BCUT2D eigenvalue weighted by Crippen LogP contribution is -2.45. The van der Waals surface area contributed by atoms with Gasteiger partial charge in [0.25, 0.3) is 0 Å². The molecule has 26 heavy (non-hydrogen) atoms. The predicted octanol–water partition coefficient (Wildman–Crippen LogP) is 2.24. The number of hydrogen-bond acceptors (Lipinski definition) is 3. The monoisotopic (exact) mass is 354 g/mol. The Bertz CT molecular complexity index is 769. The highest BCUT2D eigenvalue weighted by molar-refractivity contribution is 5.87. The normalized spacial score (nSPS) is 16.7. The van der Waals surface area contributed by atoms with Crippen LogP contribution in [0.15, 0.2) is 36.5 Å². The molecule has 2 amide bonds. The first-order chi connectivity index (χ1) is 12.6. The van der Waals surface area contributed by atoms with E-state index in [2.05, 4.69) is 16.6 Å². The van der Waals surface area contributed by atoms with Gasteiger partial charge in [-0.1, -0.05) is 18.2 Å². The van der Waals surface area contributed by atoms with E-state index >= 15 is 0 Å². The van der Waals surface area contributed by atoms with Gasteiger partial charge in [-0.15, -0.1) is 0 Å². The summed E-state index contributed by atoms with van der Waals surface area (Å²) in [5.74, 6) is -0.0546. The molecule has 0 aliphatic carbocycles. The third-order valence-corrected chi connectivity index (χ3v) is 4.90. The van der Waals surface area contributed by atoms with Crippen LogP contribution in [0.4, 0.5) is 0 Å². The molecule has 1 saturated heterocycles. The highest BCUT2D eigenvalue weighted by atomic mass is 16.2. The van der Waals surface area contributed by atoms with E-state index < -0.39 is 0 Å². The lowest BCUT2D eigenvalue weighted by atomic mass is 10.1. The Kier molecular flexibility index (Phi) is 5.71. The maximum Gasteiger partial charge on any atom is 0.242 e. The highest BCUT2D eigenvalue weighted by Gasteiger charge is 2.31. The maximum atomic E-state index is 12.3. The number of nitrogens with zero attached hydrogens (tertiary/aromatic N) is 3. The van der Waals surface area contributed by atoms with Gasteiger partial charge in [-0.2, -0.15) is 5.10 Å². The lowest BCUT2D eigenvalue weighted by molar-refractivity contribution is -0.136. The molecule has 2 heterocycles. The lowest BCUT2D eigenvalue weighted by Gasteiger charge is -2.22. The summed E-state index contributed by atoms with van der Waals surface area (Å²) in [5.41, 5.74) is 3.24. The van der Waals surface area contributed by atoms with Gasteiger partial charge in [0.2, 0.25) is 11.8 Å². The average molecular weight is 354 g/mol. The number of aromatic nitrogens is 2. The number of carbonyl (C=O) groups excluding carboxylic acids is 2. The fraction of sp³-hybridized carbons (Fsp3) is 0.450. The molecular formula is C20H26N4O2. The topological polar surface area (TPSA) is 67.2 Å². The Hall–Kier alpha value is -2.63. The number of carbonyl (C=O) groups is 2. The zero-order valence-corrected chi connectivity index (χ0v) is 15.4. The molecule has 1 atom stereocenters. The van der Waals surface area contributed by atoms with E-state index in [4.69, 9.17) is 0 Å². The second kappa shape index (κ2) is 8.17. The van der Waals surface area contributed by atoms with Gasteiger partial charge in [0.15, 0.2) is 0 Å². The largest absolute Gasteiger partial charge is 0.354 e. The molecule has 1 aliphatic heterocycles. The van der Waals surface area contributed by atoms with Gasteiger partial charge in [-0.25, -0.2) is 4.68 Å². The van der Waals surface area contributed by atoms with Gasteiger partial charge < -0.3 is 10.2 Å². The molecular weight excluding hydrogens is 328 g/mol. The molecule has 0 bridgehead atoms. The first kappa shape index (κ1) is 18.2. The van der Waals surface area contributed by atoms with Gasteiger partial charge in [0, 0.05) is 26.2 Å². The molecule has 1 N–H and O–H groups in total. The highest BCUT2D eigenvalue weighted by Crippen LogP contribution is 2.17. The third-order valence-electron chi connectivity index (χ3n) is 4.90. The van der Waals surface area contributed by atoms with Gasteiger partial charge in [-0.3, -0.25) is 9.59 Å². The van der Waals surface area contributed by atoms with E-state index in [0.29, 0.717) is 13.1 Å². The van der Waals surface area contributed by atoms with Gasteiger partial charge >= 0.3 is 0 Å². The van der Waals surface area contributed by atoms with E-state index in [9.17, 15) is 9.59 Å². The Balaban J connectivity index is 1.49. The Morgan fingerprint density at radius 1 is 1.27 bits per heavy atom. The molecule has 1 fully saturated rings. The molecule has 0 saturated carbocycles. The Labute approximate surface area is 154 Å². The first-order valence-corrected chi connectivity index (χ1v) is 9.22. The summed E-state index contributed by atoms with van der Waals surface area (Å²) in [4.78, 5) is 25.5. The number of amides is 2. The van der Waals surface area contributed by atoms with Crippen LogP contribution in [0.3, 0.4) is 0 Å². The van der Waals surface area contributed by atoms with Crippen molar-refractivity contribution in [3.63, 3.8) is 0 Å². The van der Waals surface area contributed by atoms with Crippen molar-refractivity contribution < 1.29 is 9.59 Å². The first-order valence-electron chi connectivity index (χ1n) is 9.22. The molecule has 6 nitrogen and oxygen atoms in total. The van der Waals surface area contributed by atoms with Crippen LogP contribution in [0.2, 0.25) is 0 Å². The number of benzene rings is 1. The molecule has 1 aromatic carbocycles. The van der Waals surface area contributed by atoms with Crippen molar-refractivity contribution in [3.8, 4) is 5.69 Å². The molecule has 6 heteroatoms. The minimum absolute atomic E-state index is 0.0217. The quantitative estimate of drug-likeness (QED) is 0.809. The second-order valence-corrected chi connectivity index (χ2v) is 6.78. The molecule has 3 rings (SSSR count). The fourth-order valence-corrected chi connectivity index (χ4v) is 3.48. The third kappa shape index (κ3) is 4.12. The molecule has 138 valence electrons. The van der Waals surface area contributed by atoms with Crippen molar-refractivity contribution >= 4 is 11.8 Å². The van der Waals surface area contributed by atoms with Crippen LogP contribution in [0, 0.1) is 6.92 Å². The van der Waals surface area contributed by atoms with Crippen LogP contribution >= 0.6 is 0 Å². The molecule has 0 radical (unpaired) electrons. The molecule has 0 unspecified atom stereocenters. The van der Waals surface area contributed by atoms with Crippen LogP contribution in [0.5, 0.6) is 0 Å². The number of aryl methyl sites for hydroxylation is 2. The van der Waals surface area contributed by atoms with Crippen molar-refractivity contribution in [3.05, 3.63) is 47.8 Å². The number of hydrogen-bond donors (Lipinski definition) is 1. The van der Waals surface area contributed by atoms with E-state index in [1.54, 1.807) is 4.90 Å². The maximum absolute atomic E-state index is 12.3. The molecule has 0 spiro atoms. The molecule has 2 aromatic rings. The molecule has 1 aromatic heterocycles. The number of nitrogens with one attached hydrogen (secondary N) is 1. The summed E-state index contributed by atoms with van der Waals surface area (Å²) in [6.07, 6.45) is 5.42. The predicted molar refractivity (Wildman–Crippen MR) is 100 cm³/mol. The van der Waals surface area contributed by atoms with Crippen LogP contribution in [0.1, 0.15) is 37.4 Å². The number of rotatable bonds is 6. The van der Waals surface area contributed by atoms with E-state index in [1.165, 1.54) is 12.5 Å². The summed E-state index contributed by atoms with van der Waals surface area (Å²) in [6, 6.07) is 9.73. The summed E-state index contributed by atoms with van der Waals surface area (Å²) in [7, 11) is 0. The van der Waals surface area contributed by atoms with Crippen LogP contribution in [-0.4, -0.2) is 45.6 Å². The fourth-order valence-electron chi connectivity index (χ4n) is 3.48. The summed E-state index contributed by atoms with van der Waals surface area (Å²) in [5, 5.41) is 7.55. The van der Waals surface area contributed by atoms with Gasteiger partial charge in [0.1, 0.15) is 6.04 Å². The van der Waals surface area contributed by atoms with Crippen molar-refractivity contribution in [2.75, 3.05) is 13.1 Å². The second-order valence-electron chi connectivity index (χ2n) is 6.78. The summed E-state index contributed by atoms with van der Waals surface area (Å²) in [6.45, 7) is 4.83. The van der Waals surface area contributed by atoms with Gasteiger partial charge in [0.05, 0.1) is 11.4 Å². The van der Waals surface area contributed by atoms with E-state index in [1.807, 2.05) is 41.9 Å². The Morgan fingerprint density at radius 3 is 2.77 bits per heavy atom. The Morgan fingerprint density at radius 2 is 2.04 bits per heavy atom. The smallest absolute Gasteiger partial charge is 0.242 e. The van der Waals surface area contributed by atoms with Crippen molar-refractivity contribution in [1.29, 1.82) is 0 Å². The minimum Gasteiger partial charge on any atom is -0.354 e. The number of para-hydroxylation sites is 1. The molecule has 1 aliphatic rings. The zero-order valence-electron chi connectivity index (χ0n) is 15.4. The van der Waals surface area contributed by atoms with Crippen LogP contribution in [0.25, 0.3) is 5.69 Å². The van der Waals surface area contributed by atoms with Crippen molar-refractivity contribution in [1.82, 2.24) is 20.0 Å².